The molecule has 3 rings (SSSR count). The highest BCUT2D eigenvalue weighted by atomic mass is 33.1. The van der Waals surface area contributed by atoms with Crippen molar-refractivity contribution in [3.05, 3.63) is 0 Å². The molecule has 3 aliphatic rings. The van der Waals surface area contributed by atoms with Crippen LogP contribution in [0.1, 0.15) is 46.5 Å². The third kappa shape index (κ3) is 5.42. The molecular weight excluding hydrogens is 416 g/mol. The Labute approximate surface area is 180 Å². The first kappa shape index (κ1) is 23.2. The third-order valence-corrected chi connectivity index (χ3v) is 8.87. The number of ether oxygens (including phenoxy) is 4. The molecule has 3 unspecified atom stereocenters. The Bertz CT molecular complexity index is 603. The number of methoxy groups -OCH3 is 1. The van der Waals surface area contributed by atoms with Crippen LogP contribution in [0.5, 0.6) is 0 Å². The molecule has 0 aromatic rings. The summed E-state index contributed by atoms with van der Waals surface area (Å²) in [4.78, 5) is 22.9. The second kappa shape index (κ2) is 9.77. The standard InChI is InChI=1S/C20H32O7S2/c1-11-5-6-14-12(2)18(25-16(23)10-29-28-9-15(21)22)26-19-17(14)13(11)7-8-20(3,24-4)27-19/h11-14,17-19H,5-10H2,1-4H3,(H,21,22)/t11-,12-,13+,14?,17?,18+,19-,20?/m1/s1. The second-order valence-electron chi connectivity index (χ2n) is 8.59. The zero-order chi connectivity index (χ0) is 21.2. The number of esters is 1. The molecule has 8 atom stereocenters. The molecule has 0 radical (unpaired) electrons. The molecule has 2 aliphatic heterocycles. The third-order valence-electron chi connectivity index (χ3n) is 6.78. The van der Waals surface area contributed by atoms with Crippen molar-refractivity contribution in [3.63, 3.8) is 0 Å². The van der Waals surface area contributed by atoms with E-state index in [4.69, 9.17) is 24.1 Å². The van der Waals surface area contributed by atoms with Crippen molar-refractivity contribution in [2.75, 3.05) is 18.6 Å². The molecule has 0 spiro atoms. The maximum Gasteiger partial charge on any atom is 0.319 e. The van der Waals surface area contributed by atoms with Gasteiger partial charge in [0.25, 0.3) is 0 Å². The van der Waals surface area contributed by atoms with E-state index >= 15 is 0 Å². The summed E-state index contributed by atoms with van der Waals surface area (Å²) >= 11 is 0. The number of rotatable bonds is 7. The first-order chi connectivity index (χ1) is 13.7. The van der Waals surface area contributed by atoms with Gasteiger partial charge in [0.15, 0.2) is 12.1 Å². The van der Waals surface area contributed by atoms with Gasteiger partial charge in [-0.1, -0.05) is 41.9 Å². The predicted molar refractivity (Wildman–Crippen MR) is 111 cm³/mol. The smallest absolute Gasteiger partial charge is 0.319 e. The van der Waals surface area contributed by atoms with Crippen LogP contribution in [0.4, 0.5) is 0 Å². The molecule has 7 nitrogen and oxygen atoms in total. The van der Waals surface area contributed by atoms with Crippen LogP contribution in [0.25, 0.3) is 0 Å². The van der Waals surface area contributed by atoms with Crippen molar-refractivity contribution in [2.24, 2.45) is 29.6 Å². The minimum atomic E-state index is -0.904. The Kier molecular flexibility index (Phi) is 7.81. The predicted octanol–water partition coefficient (Wildman–Crippen LogP) is 3.77. The highest BCUT2D eigenvalue weighted by molar-refractivity contribution is 8.77. The van der Waals surface area contributed by atoms with E-state index in [1.54, 1.807) is 7.11 Å². The molecule has 0 bridgehead atoms. The second-order valence-corrected chi connectivity index (χ2v) is 11.1. The fourth-order valence-corrected chi connectivity index (χ4v) is 6.59. The van der Waals surface area contributed by atoms with Gasteiger partial charge in [-0.25, -0.2) is 0 Å². The molecule has 0 aromatic heterocycles. The summed E-state index contributed by atoms with van der Waals surface area (Å²) in [5.74, 6) is -0.111. The lowest BCUT2D eigenvalue weighted by Crippen LogP contribution is -2.55. The Morgan fingerprint density at radius 2 is 1.86 bits per heavy atom. The maximum absolute atomic E-state index is 12.3. The number of aliphatic carboxylic acids is 1. The Hall–Kier alpha value is -0.480. The fraction of sp³-hybridized carbons (Fsp3) is 0.900. The Morgan fingerprint density at radius 3 is 2.55 bits per heavy atom. The van der Waals surface area contributed by atoms with E-state index in [0.717, 1.165) is 36.5 Å². The molecule has 1 N–H and O–H groups in total. The van der Waals surface area contributed by atoms with E-state index in [1.807, 2.05) is 6.92 Å². The highest BCUT2D eigenvalue weighted by Crippen LogP contribution is 2.53. The van der Waals surface area contributed by atoms with Crippen LogP contribution in [0.15, 0.2) is 0 Å². The molecular formula is C20H32O7S2. The van der Waals surface area contributed by atoms with Gasteiger partial charge in [0.1, 0.15) is 11.5 Å². The molecule has 166 valence electrons. The van der Waals surface area contributed by atoms with E-state index in [9.17, 15) is 9.59 Å². The quantitative estimate of drug-likeness (QED) is 0.355. The van der Waals surface area contributed by atoms with Crippen molar-refractivity contribution in [1.82, 2.24) is 0 Å². The first-order valence-corrected chi connectivity index (χ1v) is 12.8. The largest absolute Gasteiger partial charge is 0.481 e. The molecule has 1 saturated carbocycles. The van der Waals surface area contributed by atoms with Gasteiger partial charge in [-0.3, -0.25) is 9.59 Å². The Balaban J connectivity index is 1.67. The van der Waals surface area contributed by atoms with Crippen LogP contribution < -0.4 is 0 Å². The summed E-state index contributed by atoms with van der Waals surface area (Å²) in [6, 6.07) is 0. The molecule has 2 saturated heterocycles. The van der Waals surface area contributed by atoms with Crippen LogP contribution >= 0.6 is 21.6 Å². The van der Waals surface area contributed by atoms with Gasteiger partial charge in [-0.15, -0.1) is 0 Å². The first-order valence-electron chi connectivity index (χ1n) is 10.3. The number of carboxylic acid groups (broad SMARTS) is 1. The summed E-state index contributed by atoms with van der Waals surface area (Å²) in [6.45, 7) is 6.36. The summed E-state index contributed by atoms with van der Waals surface area (Å²) in [5.41, 5.74) is 0. The lowest BCUT2D eigenvalue weighted by Gasteiger charge is -2.51. The van der Waals surface area contributed by atoms with Crippen LogP contribution in [0, 0.1) is 29.6 Å². The minimum absolute atomic E-state index is 0.0525. The van der Waals surface area contributed by atoms with Gasteiger partial charge < -0.3 is 24.1 Å². The van der Waals surface area contributed by atoms with Crippen molar-refractivity contribution < 1.29 is 33.6 Å². The van der Waals surface area contributed by atoms with E-state index < -0.39 is 30.3 Å². The molecule has 2 heterocycles. The van der Waals surface area contributed by atoms with Crippen molar-refractivity contribution in [2.45, 2.75) is 64.8 Å². The number of hydrogen-bond acceptors (Lipinski definition) is 8. The molecule has 0 amide bonds. The monoisotopic (exact) mass is 448 g/mol. The lowest BCUT2D eigenvalue weighted by molar-refractivity contribution is -0.367. The Morgan fingerprint density at radius 1 is 1.14 bits per heavy atom. The maximum atomic E-state index is 12.3. The van der Waals surface area contributed by atoms with Crippen molar-refractivity contribution in [3.8, 4) is 0 Å². The zero-order valence-electron chi connectivity index (χ0n) is 17.5. The van der Waals surface area contributed by atoms with E-state index in [2.05, 4.69) is 13.8 Å². The lowest BCUT2D eigenvalue weighted by atomic mass is 9.61. The SMILES string of the molecule is COC1(C)CC[C@@H]2C3C(CC[C@H]2C)[C@@H](C)[C@@H](OC(=O)CSSCC(=O)O)O[C@@H]3O1. The van der Waals surface area contributed by atoms with Gasteiger partial charge in [0.2, 0.25) is 6.29 Å². The molecule has 1 aliphatic carbocycles. The van der Waals surface area contributed by atoms with Crippen molar-refractivity contribution in [1.29, 1.82) is 0 Å². The molecule has 0 aromatic carbocycles. The van der Waals surface area contributed by atoms with E-state index in [-0.39, 0.29) is 23.3 Å². The van der Waals surface area contributed by atoms with Gasteiger partial charge in [0, 0.05) is 25.4 Å². The van der Waals surface area contributed by atoms with Gasteiger partial charge in [-0.05, 0) is 37.5 Å². The molecule has 3 fully saturated rings. The summed E-state index contributed by atoms with van der Waals surface area (Å²) in [5, 5.41) is 8.68. The molecule has 29 heavy (non-hydrogen) atoms. The van der Waals surface area contributed by atoms with Gasteiger partial charge in [0.05, 0.1) is 0 Å². The van der Waals surface area contributed by atoms with Gasteiger partial charge in [-0.2, -0.15) is 0 Å². The number of carbonyl (C=O) groups is 2. The fourth-order valence-electron chi connectivity index (χ4n) is 5.07. The van der Waals surface area contributed by atoms with Crippen LogP contribution in [-0.2, 0) is 28.5 Å². The number of carbonyl (C=O) groups excluding carboxylic acids is 1. The summed E-state index contributed by atoms with van der Waals surface area (Å²) in [6.07, 6.45) is 2.98. The van der Waals surface area contributed by atoms with Gasteiger partial charge >= 0.3 is 11.9 Å². The summed E-state index contributed by atoms with van der Waals surface area (Å²) in [7, 11) is 3.96. The van der Waals surface area contributed by atoms with Crippen LogP contribution in [-0.4, -0.2) is 54.0 Å². The van der Waals surface area contributed by atoms with E-state index in [0.29, 0.717) is 17.8 Å². The van der Waals surface area contributed by atoms with Crippen LogP contribution in [0.3, 0.4) is 0 Å². The highest BCUT2D eigenvalue weighted by Gasteiger charge is 2.55. The van der Waals surface area contributed by atoms with Crippen LogP contribution in [0.2, 0.25) is 0 Å². The van der Waals surface area contributed by atoms with Crippen molar-refractivity contribution >= 4 is 33.5 Å². The number of carboxylic acids is 1. The average Bonchev–Trinajstić information content (AvgIpc) is 2.82. The number of hydrogen-bond donors (Lipinski definition) is 1. The van der Waals surface area contributed by atoms with E-state index in [1.165, 1.54) is 10.8 Å². The minimum Gasteiger partial charge on any atom is -0.481 e. The zero-order valence-corrected chi connectivity index (χ0v) is 19.1. The molecule has 9 heteroatoms. The average molecular weight is 449 g/mol. The topological polar surface area (TPSA) is 91.3 Å². The normalized spacial score (nSPS) is 41.9. The summed E-state index contributed by atoms with van der Waals surface area (Å²) < 4.78 is 23.8.